The van der Waals surface area contributed by atoms with E-state index in [4.69, 9.17) is 17.1 Å². The van der Waals surface area contributed by atoms with Crippen LogP contribution < -0.4 is 0 Å². The highest BCUT2D eigenvalue weighted by molar-refractivity contribution is 6.34. The lowest BCUT2D eigenvalue weighted by molar-refractivity contribution is 0.0828. The third kappa shape index (κ3) is 2.62. The van der Waals surface area contributed by atoms with E-state index in [0.717, 1.165) is 0 Å². The Kier molecular flexibility index (Phi) is 3.55. The molecule has 0 N–H and O–H groups in total. The zero-order valence-electron chi connectivity index (χ0n) is 8.31. The van der Waals surface area contributed by atoms with E-state index in [0.29, 0.717) is 11.3 Å². The predicted octanol–water partition coefficient (Wildman–Crippen LogP) is 2.98. The average Bonchev–Trinajstić information content (AvgIpc) is 2.17. The molecule has 0 saturated heterocycles. The van der Waals surface area contributed by atoms with Gasteiger partial charge < -0.3 is 4.90 Å². The van der Waals surface area contributed by atoms with Crippen molar-refractivity contribution in [3.63, 3.8) is 0 Å². The fourth-order valence-electron chi connectivity index (χ4n) is 1.03. The van der Waals surface area contributed by atoms with Crippen molar-refractivity contribution in [1.82, 2.24) is 4.90 Å². The van der Waals surface area contributed by atoms with Crippen LogP contribution in [0.5, 0.6) is 0 Å². The van der Waals surface area contributed by atoms with Gasteiger partial charge in [0.05, 0.1) is 10.6 Å². The predicted molar refractivity (Wildman–Crippen MR) is 58.3 cm³/mol. The molecule has 15 heavy (non-hydrogen) atoms. The molecule has 1 rings (SSSR count). The molecule has 6 heteroatoms. The van der Waals surface area contributed by atoms with Gasteiger partial charge in [-0.3, -0.25) is 4.79 Å². The third-order valence-corrected chi connectivity index (χ3v) is 2.06. The number of carbonyl (C=O) groups excluding carboxylic acids is 1. The number of hydrogen-bond acceptors (Lipinski definition) is 2. The fourth-order valence-corrected chi connectivity index (χ4v) is 1.29. The molecule has 0 aromatic heterocycles. The summed E-state index contributed by atoms with van der Waals surface area (Å²) >= 11 is 5.87. The third-order valence-electron chi connectivity index (χ3n) is 1.75. The minimum absolute atomic E-state index is 0.188. The summed E-state index contributed by atoms with van der Waals surface area (Å²) in [5.41, 5.74) is 8.99. The molecule has 0 aliphatic heterocycles. The van der Waals surface area contributed by atoms with Crippen LogP contribution in [-0.4, -0.2) is 24.9 Å². The van der Waals surface area contributed by atoms with Crippen LogP contribution in [0.25, 0.3) is 10.4 Å². The molecular weight excluding hydrogens is 216 g/mol. The summed E-state index contributed by atoms with van der Waals surface area (Å²) in [4.78, 5) is 15.6. The maximum absolute atomic E-state index is 11.6. The first kappa shape index (κ1) is 11.4. The van der Waals surface area contributed by atoms with Gasteiger partial charge in [0.2, 0.25) is 0 Å². The molecule has 0 unspecified atom stereocenters. The number of nitrogens with zero attached hydrogens (tertiary/aromatic N) is 4. The molecule has 1 amide bonds. The number of amides is 1. The van der Waals surface area contributed by atoms with Crippen molar-refractivity contribution in [2.75, 3.05) is 14.1 Å². The Morgan fingerprint density at radius 3 is 2.67 bits per heavy atom. The van der Waals surface area contributed by atoms with E-state index in [-0.39, 0.29) is 10.9 Å². The van der Waals surface area contributed by atoms with Crippen molar-refractivity contribution in [1.29, 1.82) is 0 Å². The second-order valence-electron chi connectivity index (χ2n) is 3.05. The van der Waals surface area contributed by atoms with Crippen molar-refractivity contribution in [3.8, 4) is 0 Å². The van der Waals surface area contributed by atoms with Gasteiger partial charge >= 0.3 is 0 Å². The molecule has 0 aliphatic rings. The number of hydrogen-bond donors (Lipinski definition) is 0. The van der Waals surface area contributed by atoms with Gasteiger partial charge in [0.1, 0.15) is 0 Å². The van der Waals surface area contributed by atoms with Crippen LogP contribution in [0.15, 0.2) is 23.3 Å². The van der Waals surface area contributed by atoms with Crippen LogP contribution in [0.2, 0.25) is 5.02 Å². The summed E-state index contributed by atoms with van der Waals surface area (Å²) in [7, 11) is 3.28. The smallest absolute Gasteiger partial charge is 0.254 e. The zero-order chi connectivity index (χ0) is 11.4. The van der Waals surface area contributed by atoms with Gasteiger partial charge in [-0.15, -0.1) is 0 Å². The first-order chi connectivity index (χ1) is 7.06. The van der Waals surface area contributed by atoms with E-state index in [9.17, 15) is 4.79 Å². The van der Waals surface area contributed by atoms with Gasteiger partial charge in [-0.1, -0.05) is 22.8 Å². The molecule has 0 heterocycles. The highest BCUT2D eigenvalue weighted by Crippen LogP contribution is 2.23. The number of carbonyl (C=O) groups is 1. The highest BCUT2D eigenvalue weighted by Gasteiger charge is 2.11. The standard InChI is InChI=1S/C9H9ClN4O/c1-14(2)9(15)7-4-3-6(12-13-11)5-8(7)10/h3-5H,1-2H3. The maximum Gasteiger partial charge on any atom is 0.254 e. The van der Waals surface area contributed by atoms with Gasteiger partial charge in [0.25, 0.3) is 5.91 Å². The van der Waals surface area contributed by atoms with E-state index in [1.54, 1.807) is 20.2 Å². The Balaban J connectivity index is 3.13. The summed E-state index contributed by atoms with van der Waals surface area (Å²) in [6.07, 6.45) is 0. The SMILES string of the molecule is CN(C)C(=O)c1ccc(N=[N+]=[N-])cc1Cl. The minimum Gasteiger partial charge on any atom is -0.345 e. The number of rotatable bonds is 2. The summed E-state index contributed by atoms with van der Waals surface area (Å²) < 4.78 is 0. The maximum atomic E-state index is 11.6. The van der Waals surface area contributed by atoms with Crippen molar-refractivity contribution in [2.45, 2.75) is 0 Å². The Hall–Kier alpha value is -1.71. The Labute approximate surface area is 91.9 Å². The second kappa shape index (κ2) is 4.68. The van der Waals surface area contributed by atoms with Crippen molar-refractivity contribution < 1.29 is 4.79 Å². The van der Waals surface area contributed by atoms with E-state index >= 15 is 0 Å². The topological polar surface area (TPSA) is 69.1 Å². The lowest BCUT2D eigenvalue weighted by Gasteiger charge is -2.11. The van der Waals surface area contributed by atoms with E-state index in [2.05, 4.69) is 10.0 Å². The molecular formula is C9H9ClN4O. The van der Waals surface area contributed by atoms with E-state index < -0.39 is 0 Å². The van der Waals surface area contributed by atoms with Crippen LogP contribution in [0.1, 0.15) is 10.4 Å². The van der Waals surface area contributed by atoms with E-state index in [1.165, 1.54) is 17.0 Å². The number of halogens is 1. The first-order valence-corrected chi connectivity index (χ1v) is 4.50. The van der Waals surface area contributed by atoms with Crippen LogP contribution in [0.4, 0.5) is 5.69 Å². The average molecular weight is 225 g/mol. The lowest BCUT2D eigenvalue weighted by atomic mass is 10.2. The number of azide groups is 1. The quantitative estimate of drug-likeness (QED) is 0.433. The minimum atomic E-state index is -0.188. The summed E-state index contributed by atoms with van der Waals surface area (Å²) in [5.74, 6) is -0.188. The number of benzene rings is 1. The molecule has 0 aliphatic carbocycles. The normalized spacial score (nSPS) is 9.27. The van der Waals surface area contributed by atoms with Gasteiger partial charge in [0, 0.05) is 24.7 Å². The molecule has 0 saturated carbocycles. The van der Waals surface area contributed by atoms with Crippen LogP contribution in [0, 0.1) is 0 Å². The van der Waals surface area contributed by atoms with Crippen molar-refractivity contribution in [3.05, 3.63) is 39.2 Å². The fraction of sp³-hybridized carbons (Fsp3) is 0.222. The lowest BCUT2D eigenvalue weighted by Crippen LogP contribution is -2.21. The summed E-state index contributed by atoms with van der Waals surface area (Å²) in [6, 6.07) is 4.54. The zero-order valence-corrected chi connectivity index (χ0v) is 9.06. The molecule has 78 valence electrons. The van der Waals surface area contributed by atoms with Crippen LogP contribution in [0.3, 0.4) is 0 Å². The molecule has 1 aromatic rings. The van der Waals surface area contributed by atoms with Crippen molar-refractivity contribution >= 4 is 23.2 Å². The van der Waals surface area contributed by atoms with Gasteiger partial charge in [-0.05, 0) is 17.7 Å². The second-order valence-corrected chi connectivity index (χ2v) is 3.46. The van der Waals surface area contributed by atoms with Crippen LogP contribution >= 0.6 is 11.6 Å². The van der Waals surface area contributed by atoms with Gasteiger partial charge in [-0.25, -0.2) is 0 Å². The monoisotopic (exact) mass is 224 g/mol. The Morgan fingerprint density at radius 2 is 2.20 bits per heavy atom. The largest absolute Gasteiger partial charge is 0.345 e. The summed E-state index contributed by atoms with van der Waals surface area (Å²) in [6.45, 7) is 0. The molecule has 1 aromatic carbocycles. The molecule has 0 radical (unpaired) electrons. The van der Waals surface area contributed by atoms with E-state index in [1.807, 2.05) is 0 Å². The molecule has 0 fully saturated rings. The summed E-state index contributed by atoms with van der Waals surface area (Å²) in [5, 5.41) is 3.66. The van der Waals surface area contributed by atoms with Gasteiger partial charge in [0.15, 0.2) is 0 Å². The Morgan fingerprint density at radius 1 is 1.53 bits per heavy atom. The van der Waals surface area contributed by atoms with Gasteiger partial charge in [-0.2, -0.15) is 0 Å². The van der Waals surface area contributed by atoms with Crippen molar-refractivity contribution in [2.24, 2.45) is 5.11 Å². The molecule has 5 nitrogen and oxygen atoms in total. The first-order valence-electron chi connectivity index (χ1n) is 4.12. The highest BCUT2D eigenvalue weighted by atomic mass is 35.5. The molecule has 0 bridgehead atoms. The molecule has 0 spiro atoms. The Bertz CT molecular complexity index is 438. The molecule has 0 atom stereocenters. The van der Waals surface area contributed by atoms with Crippen LogP contribution in [-0.2, 0) is 0 Å².